The van der Waals surface area contributed by atoms with E-state index in [1.54, 1.807) is 59.9 Å². The molecule has 3 N–H and O–H groups in total. The fourth-order valence-corrected chi connectivity index (χ4v) is 4.20. The number of hydrogen-bond donors (Lipinski definition) is 3. The molecule has 1 aliphatic heterocycles. The first-order valence-corrected chi connectivity index (χ1v) is 11.3. The summed E-state index contributed by atoms with van der Waals surface area (Å²) in [5, 5.41) is 23.1. The first-order valence-electron chi connectivity index (χ1n) is 11.3. The van der Waals surface area contributed by atoms with Gasteiger partial charge in [0.25, 0.3) is 0 Å². The number of aliphatic hydroxyl groups excluding tert-OH is 2. The second-order valence-electron chi connectivity index (χ2n) is 8.62. The van der Waals surface area contributed by atoms with Crippen LogP contribution in [0.5, 0.6) is 5.75 Å². The quantitative estimate of drug-likeness (QED) is 0.465. The number of alkyl halides is 2. The number of carbonyl (C=O) groups is 1. The van der Waals surface area contributed by atoms with Crippen LogP contribution < -0.4 is 10.1 Å². The van der Waals surface area contributed by atoms with E-state index in [9.17, 15) is 23.8 Å². The number of aliphatic hydroxyl groups is 2. The lowest BCUT2D eigenvalue weighted by Gasteiger charge is -2.28. The van der Waals surface area contributed by atoms with Gasteiger partial charge < -0.3 is 25.2 Å². The smallest absolute Gasteiger partial charge is 0.388 e. The highest BCUT2D eigenvalue weighted by molar-refractivity contribution is 5.93. The molecule has 1 amide bonds. The van der Waals surface area contributed by atoms with Crippen molar-refractivity contribution in [3.63, 3.8) is 0 Å². The molecule has 2 unspecified atom stereocenters. The van der Waals surface area contributed by atoms with Crippen molar-refractivity contribution in [1.29, 1.82) is 0 Å². The molecular formula is C26H22F2N4O4. The Balaban J connectivity index is 1.25. The van der Waals surface area contributed by atoms with Gasteiger partial charge in [-0.2, -0.15) is 8.78 Å². The SMILES string of the molecule is O=C(N1C=CC(O)CC1)[C@]1(c2ccc(Nc3ncc(-c4c#cc(OC(F)F)cc4)cn3)cc2)CC1O. The number of anilines is 2. The predicted octanol–water partition coefficient (Wildman–Crippen LogP) is 3.20. The number of hydrogen-bond acceptors (Lipinski definition) is 7. The van der Waals surface area contributed by atoms with Crippen molar-refractivity contribution in [2.45, 2.75) is 37.1 Å². The van der Waals surface area contributed by atoms with Crippen LogP contribution in [0.4, 0.5) is 20.4 Å². The summed E-state index contributed by atoms with van der Waals surface area (Å²) in [4.78, 5) is 23.2. The number of amides is 1. The molecule has 2 heterocycles. The molecule has 1 aliphatic carbocycles. The van der Waals surface area contributed by atoms with Crippen LogP contribution in [0, 0.1) is 12.1 Å². The first-order chi connectivity index (χ1) is 17.3. The number of nitrogens with one attached hydrogen (secondary N) is 1. The third-order valence-corrected chi connectivity index (χ3v) is 6.28. The number of carbonyl (C=O) groups excluding carboxylic acids is 1. The Morgan fingerprint density at radius 3 is 2.42 bits per heavy atom. The zero-order valence-corrected chi connectivity index (χ0v) is 18.9. The summed E-state index contributed by atoms with van der Waals surface area (Å²) in [5.74, 6) is 0.0489. The summed E-state index contributed by atoms with van der Waals surface area (Å²) in [7, 11) is 0. The molecule has 36 heavy (non-hydrogen) atoms. The monoisotopic (exact) mass is 492 g/mol. The van der Waals surface area contributed by atoms with E-state index in [4.69, 9.17) is 0 Å². The largest absolute Gasteiger partial charge is 0.426 e. The summed E-state index contributed by atoms with van der Waals surface area (Å²) in [6.45, 7) is -2.52. The number of nitrogens with zero attached hydrogens (tertiary/aromatic N) is 3. The highest BCUT2D eigenvalue weighted by Crippen LogP contribution is 2.50. The summed E-state index contributed by atoms with van der Waals surface area (Å²) >= 11 is 0. The second-order valence-corrected chi connectivity index (χ2v) is 8.62. The Hall–Kier alpha value is -4.07. The van der Waals surface area contributed by atoms with Crippen LogP contribution in [-0.4, -0.2) is 56.4 Å². The minimum atomic E-state index is -2.93. The van der Waals surface area contributed by atoms with Crippen molar-refractivity contribution in [3.8, 4) is 16.9 Å². The van der Waals surface area contributed by atoms with Crippen LogP contribution in [0.3, 0.4) is 0 Å². The van der Waals surface area contributed by atoms with Crippen molar-refractivity contribution >= 4 is 17.5 Å². The molecule has 2 aliphatic rings. The zero-order valence-electron chi connectivity index (χ0n) is 18.9. The molecule has 3 atom stereocenters. The summed E-state index contributed by atoms with van der Waals surface area (Å²) in [6, 6.07) is 15.3. The Bertz CT molecular complexity index is 1250. The van der Waals surface area contributed by atoms with Crippen LogP contribution in [0.1, 0.15) is 18.4 Å². The molecular weight excluding hydrogens is 470 g/mol. The molecule has 8 nitrogen and oxygen atoms in total. The highest BCUT2D eigenvalue weighted by atomic mass is 19.3. The van der Waals surface area contributed by atoms with E-state index in [0.29, 0.717) is 47.7 Å². The standard InChI is InChI=1S/C26H22F2N4O4/c27-24(28)36-21-7-1-16(2-8-21)17-14-29-25(30-15-17)31-19-5-3-18(4-6-19)26(13-22(26)34)23(35)32-11-9-20(33)10-12-32/h1,3-7,9,11,14-15,20,22,24,33-34H,10,12-13H2,(H,29,30,31)/t20?,22?,26-/m0/s1. The topological polar surface area (TPSA) is 108 Å². The van der Waals surface area contributed by atoms with Crippen LogP contribution in [0.15, 0.2) is 61.1 Å². The maximum atomic E-state index is 13.1. The minimum absolute atomic E-state index is 0.107. The molecule has 0 radical (unpaired) electrons. The van der Waals surface area contributed by atoms with Gasteiger partial charge in [-0.3, -0.25) is 4.79 Å². The molecule has 1 aromatic heterocycles. The maximum absolute atomic E-state index is 13.1. The molecule has 1 fully saturated rings. The van der Waals surface area contributed by atoms with E-state index in [1.807, 2.05) is 0 Å². The van der Waals surface area contributed by atoms with Crippen molar-refractivity contribution in [1.82, 2.24) is 14.9 Å². The summed E-state index contributed by atoms with van der Waals surface area (Å²) < 4.78 is 28.8. The molecule has 2 aromatic carbocycles. The van der Waals surface area contributed by atoms with Gasteiger partial charge >= 0.3 is 6.61 Å². The van der Waals surface area contributed by atoms with Crippen LogP contribution >= 0.6 is 0 Å². The lowest BCUT2D eigenvalue weighted by molar-refractivity contribution is -0.132. The van der Waals surface area contributed by atoms with Gasteiger partial charge in [0, 0.05) is 42.0 Å². The molecule has 0 spiro atoms. The van der Waals surface area contributed by atoms with Gasteiger partial charge in [-0.1, -0.05) is 18.2 Å². The number of ether oxygens (including phenoxy) is 1. The van der Waals surface area contributed by atoms with Gasteiger partial charge in [-0.05, 0) is 54.8 Å². The van der Waals surface area contributed by atoms with Gasteiger partial charge in [0.2, 0.25) is 11.9 Å². The summed E-state index contributed by atoms with van der Waals surface area (Å²) in [6.07, 6.45) is 5.79. The van der Waals surface area contributed by atoms with Crippen molar-refractivity contribution in [2.24, 2.45) is 0 Å². The van der Waals surface area contributed by atoms with E-state index in [-0.39, 0.29) is 11.7 Å². The second kappa shape index (κ2) is 9.53. The van der Waals surface area contributed by atoms with E-state index < -0.39 is 24.2 Å². The van der Waals surface area contributed by atoms with Gasteiger partial charge in [0.1, 0.15) is 5.41 Å². The Labute approximate surface area is 205 Å². The predicted molar refractivity (Wildman–Crippen MR) is 125 cm³/mol. The Morgan fingerprint density at radius 1 is 1.14 bits per heavy atom. The average molecular weight is 492 g/mol. The van der Waals surface area contributed by atoms with Crippen LogP contribution in [-0.2, 0) is 10.2 Å². The lowest BCUT2D eigenvalue weighted by atomic mass is 9.93. The lowest BCUT2D eigenvalue weighted by Crippen LogP contribution is -2.41. The molecule has 3 aromatic rings. The Kier molecular flexibility index (Phi) is 6.26. The normalized spacial score (nSPS) is 22.8. The molecule has 10 heteroatoms. The van der Waals surface area contributed by atoms with E-state index in [1.165, 1.54) is 6.07 Å². The fourth-order valence-electron chi connectivity index (χ4n) is 4.20. The van der Waals surface area contributed by atoms with Crippen LogP contribution in [0.25, 0.3) is 11.1 Å². The first kappa shape index (κ1) is 23.7. The Morgan fingerprint density at radius 2 is 1.86 bits per heavy atom. The van der Waals surface area contributed by atoms with Crippen molar-refractivity contribution in [2.75, 3.05) is 11.9 Å². The van der Waals surface area contributed by atoms with Gasteiger partial charge in [-0.25, -0.2) is 9.97 Å². The van der Waals surface area contributed by atoms with Gasteiger partial charge in [-0.15, -0.1) is 0 Å². The third-order valence-electron chi connectivity index (χ3n) is 6.28. The molecule has 0 bridgehead atoms. The van der Waals surface area contributed by atoms with Gasteiger partial charge in [0.05, 0.1) is 12.2 Å². The van der Waals surface area contributed by atoms with Gasteiger partial charge in [0.15, 0.2) is 5.75 Å². The van der Waals surface area contributed by atoms with E-state index in [2.05, 4.69) is 32.2 Å². The molecule has 184 valence electrons. The number of rotatable bonds is 7. The maximum Gasteiger partial charge on any atom is 0.388 e. The summed E-state index contributed by atoms with van der Waals surface area (Å²) in [5.41, 5.74) is 1.62. The number of benzene rings is 1. The van der Waals surface area contributed by atoms with E-state index >= 15 is 0 Å². The average Bonchev–Trinajstić information content (AvgIpc) is 3.57. The molecule has 1 saturated carbocycles. The van der Waals surface area contributed by atoms with E-state index in [0.717, 1.165) is 0 Å². The number of halogens is 2. The van der Waals surface area contributed by atoms with Crippen LogP contribution in [0.2, 0.25) is 0 Å². The third kappa shape index (κ3) is 4.71. The minimum Gasteiger partial charge on any atom is -0.426 e. The molecule has 5 rings (SSSR count). The van der Waals surface area contributed by atoms with Crippen molar-refractivity contribution in [3.05, 3.63) is 78.8 Å². The van der Waals surface area contributed by atoms with Crippen molar-refractivity contribution < 1.29 is 28.5 Å². The fraction of sp³-hybridized carbons (Fsp3) is 0.269. The number of aromatic nitrogens is 2. The molecule has 0 saturated heterocycles. The zero-order chi connectivity index (χ0) is 25.3. The highest BCUT2D eigenvalue weighted by Gasteiger charge is 2.62.